The number of hydrogen-bond acceptors (Lipinski definition) is 5. The third-order valence-electron chi connectivity index (χ3n) is 5.64. The van der Waals surface area contributed by atoms with Crippen molar-refractivity contribution in [3.63, 3.8) is 0 Å². The van der Waals surface area contributed by atoms with Crippen LogP contribution in [0.2, 0.25) is 5.02 Å². The lowest BCUT2D eigenvalue weighted by Gasteiger charge is -2.31. The van der Waals surface area contributed by atoms with E-state index in [2.05, 4.69) is 5.10 Å². The summed E-state index contributed by atoms with van der Waals surface area (Å²) in [6.45, 7) is -0.335. The molecule has 1 aromatic heterocycles. The summed E-state index contributed by atoms with van der Waals surface area (Å²) in [7, 11) is -2.99. The van der Waals surface area contributed by atoms with Crippen molar-refractivity contribution in [2.45, 2.75) is 36.7 Å². The maximum Gasteiger partial charge on any atom is 0.325 e. The number of aliphatic carboxylic acids is 1. The SMILES string of the molecule is CN(C1CCCc2c1cnn2CC(=O)O)S(=O)(=O)c1cc(Cl)c(Oc2ccc(F)cc2)cc1F. The fourth-order valence-corrected chi connectivity index (χ4v) is 5.68. The number of carboxylic acids is 1. The summed E-state index contributed by atoms with van der Waals surface area (Å²) in [5.41, 5.74) is 1.23. The van der Waals surface area contributed by atoms with Gasteiger partial charge in [-0.3, -0.25) is 9.48 Å². The van der Waals surface area contributed by atoms with Gasteiger partial charge in [0.05, 0.1) is 17.3 Å². The highest BCUT2D eigenvalue weighted by Crippen LogP contribution is 2.39. The van der Waals surface area contributed by atoms with Gasteiger partial charge in [-0.1, -0.05) is 11.6 Å². The Kier molecular flexibility index (Phi) is 6.61. The zero-order chi connectivity index (χ0) is 24.6. The van der Waals surface area contributed by atoms with Crippen molar-refractivity contribution in [3.8, 4) is 11.5 Å². The number of halogens is 3. The summed E-state index contributed by atoms with van der Waals surface area (Å²) in [5.74, 6) is -2.53. The number of carboxylic acid groups (broad SMARTS) is 1. The van der Waals surface area contributed by atoms with E-state index in [1.807, 2.05) is 0 Å². The molecule has 0 spiro atoms. The summed E-state index contributed by atoms with van der Waals surface area (Å²) in [5, 5.41) is 13.0. The first-order valence-corrected chi connectivity index (χ1v) is 12.1. The van der Waals surface area contributed by atoms with Crippen LogP contribution in [0, 0.1) is 11.6 Å². The van der Waals surface area contributed by atoms with Gasteiger partial charge in [0.25, 0.3) is 0 Å². The lowest BCUT2D eigenvalue weighted by molar-refractivity contribution is -0.137. The fraction of sp³-hybridized carbons (Fsp3) is 0.273. The molecule has 8 nitrogen and oxygen atoms in total. The Bertz CT molecular complexity index is 1350. The van der Waals surface area contributed by atoms with Crippen LogP contribution in [-0.2, 0) is 27.8 Å². The fourth-order valence-electron chi connectivity index (χ4n) is 3.98. The minimum Gasteiger partial charge on any atom is -0.480 e. The van der Waals surface area contributed by atoms with Crippen LogP contribution in [0.25, 0.3) is 0 Å². The van der Waals surface area contributed by atoms with Gasteiger partial charge in [-0.2, -0.15) is 9.40 Å². The molecule has 0 aliphatic heterocycles. The summed E-state index contributed by atoms with van der Waals surface area (Å²) >= 11 is 6.19. The highest BCUT2D eigenvalue weighted by atomic mass is 35.5. The van der Waals surface area contributed by atoms with E-state index in [1.54, 1.807) is 0 Å². The van der Waals surface area contributed by atoms with Gasteiger partial charge in [-0.25, -0.2) is 17.2 Å². The van der Waals surface area contributed by atoms with E-state index < -0.39 is 38.6 Å². The molecular weight excluding hydrogens is 492 g/mol. The van der Waals surface area contributed by atoms with Gasteiger partial charge in [-0.05, 0) is 49.6 Å². The quantitative estimate of drug-likeness (QED) is 0.505. The van der Waals surface area contributed by atoms with Gasteiger partial charge in [0.15, 0.2) is 0 Å². The normalized spacial score (nSPS) is 15.9. The lowest BCUT2D eigenvalue weighted by atomic mass is 9.93. The maximum atomic E-state index is 15.0. The Balaban J connectivity index is 1.63. The first-order chi connectivity index (χ1) is 16.1. The van der Waals surface area contributed by atoms with Crippen molar-refractivity contribution in [2.75, 3.05) is 7.05 Å². The summed E-state index contributed by atoms with van der Waals surface area (Å²) in [4.78, 5) is 10.5. The second-order valence-corrected chi connectivity index (χ2v) is 10.2. The minimum atomic E-state index is -4.33. The second-order valence-electron chi connectivity index (χ2n) is 7.80. The number of hydrogen-bond donors (Lipinski definition) is 1. The molecule has 34 heavy (non-hydrogen) atoms. The highest BCUT2D eigenvalue weighted by Gasteiger charge is 2.36. The molecule has 2 aromatic carbocycles. The number of fused-ring (bicyclic) bond motifs is 1. The smallest absolute Gasteiger partial charge is 0.325 e. The van der Waals surface area contributed by atoms with E-state index in [4.69, 9.17) is 21.4 Å². The zero-order valence-electron chi connectivity index (χ0n) is 17.9. The monoisotopic (exact) mass is 511 g/mol. The molecule has 4 rings (SSSR count). The molecule has 1 atom stereocenters. The lowest BCUT2D eigenvalue weighted by Crippen LogP contribution is -2.34. The average molecular weight is 512 g/mol. The summed E-state index contributed by atoms with van der Waals surface area (Å²) in [6.07, 6.45) is 3.08. The van der Waals surface area contributed by atoms with E-state index >= 15 is 0 Å². The first kappa shape index (κ1) is 24.1. The Morgan fingerprint density at radius 1 is 1.29 bits per heavy atom. The molecule has 0 radical (unpaired) electrons. The maximum absolute atomic E-state index is 15.0. The number of rotatable bonds is 7. The van der Waals surface area contributed by atoms with Crippen LogP contribution in [0.5, 0.6) is 11.5 Å². The molecule has 0 bridgehead atoms. The molecule has 3 aromatic rings. The van der Waals surface area contributed by atoms with Gasteiger partial charge in [-0.15, -0.1) is 0 Å². The van der Waals surface area contributed by atoms with Crippen LogP contribution < -0.4 is 4.74 Å². The number of sulfonamides is 1. The number of benzene rings is 2. The van der Waals surface area contributed by atoms with Crippen molar-refractivity contribution in [2.24, 2.45) is 0 Å². The largest absolute Gasteiger partial charge is 0.480 e. The van der Waals surface area contributed by atoms with Gasteiger partial charge >= 0.3 is 5.97 Å². The topological polar surface area (TPSA) is 102 Å². The molecule has 1 N–H and O–H groups in total. The molecule has 1 heterocycles. The van der Waals surface area contributed by atoms with Crippen molar-refractivity contribution in [3.05, 3.63) is 70.5 Å². The van der Waals surface area contributed by atoms with Gasteiger partial charge in [0.2, 0.25) is 10.0 Å². The molecule has 0 fully saturated rings. The minimum absolute atomic E-state index is 0.123. The van der Waals surface area contributed by atoms with Crippen LogP contribution in [0.4, 0.5) is 8.78 Å². The van der Waals surface area contributed by atoms with Gasteiger partial charge in [0, 0.05) is 24.4 Å². The number of carbonyl (C=O) groups is 1. The van der Waals surface area contributed by atoms with E-state index in [9.17, 15) is 22.0 Å². The van der Waals surface area contributed by atoms with Crippen molar-refractivity contribution in [1.82, 2.24) is 14.1 Å². The third-order valence-corrected chi connectivity index (χ3v) is 7.82. The zero-order valence-corrected chi connectivity index (χ0v) is 19.5. The third kappa shape index (κ3) is 4.63. The second kappa shape index (κ2) is 9.32. The van der Waals surface area contributed by atoms with Crippen molar-refractivity contribution in [1.29, 1.82) is 0 Å². The van der Waals surface area contributed by atoms with Crippen LogP contribution in [0.15, 0.2) is 47.5 Å². The number of ether oxygens (including phenoxy) is 1. The van der Waals surface area contributed by atoms with Crippen molar-refractivity contribution >= 4 is 27.6 Å². The Morgan fingerprint density at radius 3 is 2.68 bits per heavy atom. The van der Waals surface area contributed by atoms with Crippen LogP contribution in [-0.4, -0.2) is 40.6 Å². The predicted octanol–water partition coefficient (Wildman–Crippen LogP) is 4.39. The number of nitrogens with zero attached hydrogens (tertiary/aromatic N) is 3. The molecule has 180 valence electrons. The standard InChI is InChI=1S/C22H20ClF2N3O5S/c1-27(18-3-2-4-19-15(18)11-26-28(19)12-22(29)30)34(31,32)21-9-16(23)20(10-17(21)25)33-14-7-5-13(24)6-8-14/h5-11,18H,2-4,12H2,1H3,(H,29,30). The van der Waals surface area contributed by atoms with Crippen molar-refractivity contribution < 1.29 is 31.8 Å². The average Bonchev–Trinajstić information content (AvgIpc) is 3.19. The van der Waals surface area contributed by atoms with E-state index in [0.29, 0.717) is 30.5 Å². The van der Waals surface area contributed by atoms with E-state index in [-0.39, 0.29) is 23.1 Å². The summed E-state index contributed by atoms with van der Waals surface area (Å²) in [6, 6.07) is 6.16. The van der Waals surface area contributed by atoms with Crippen LogP contribution in [0.3, 0.4) is 0 Å². The van der Waals surface area contributed by atoms with Gasteiger partial charge in [0.1, 0.15) is 34.6 Å². The Hall–Kier alpha value is -3.02. The predicted molar refractivity (Wildman–Crippen MR) is 118 cm³/mol. The Morgan fingerprint density at radius 2 is 2.00 bits per heavy atom. The molecule has 0 saturated heterocycles. The van der Waals surface area contributed by atoms with Gasteiger partial charge < -0.3 is 9.84 Å². The molecule has 1 unspecified atom stereocenters. The van der Waals surface area contributed by atoms with Crippen LogP contribution >= 0.6 is 11.6 Å². The van der Waals surface area contributed by atoms with E-state index in [1.165, 1.54) is 30.1 Å². The Labute approximate surface area is 199 Å². The molecular formula is C22H20ClF2N3O5S. The highest BCUT2D eigenvalue weighted by molar-refractivity contribution is 7.89. The summed E-state index contributed by atoms with van der Waals surface area (Å²) < 4.78 is 62.6. The number of aromatic nitrogens is 2. The van der Waals surface area contributed by atoms with Crippen LogP contribution in [0.1, 0.15) is 30.1 Å². The van der Waals surface area contributed by atoms with E-state index in [0.717, 1.165) is 28.6 Å². The molecule has 12 heteroatoms. The molecule has 1 aliphatic rings. The molecule has 0 amide bonds. The molecule has 1 aliphatic carbocycles. The molecule has 0 saturated carbocycles. The first-order valence-electron chi connectivity index (χ1n) is 10.2.